The monoisotopic (exact) mass is 404 g/mol. The van der Waals surface area contributed by atoms with Crippen LogP contribution in [-0.4, -0.2) is 26.0 Å². The van der Waals surface area contributed by atoms with Crippen LogP contribution in [0.3, 0.4) is 0 Å². The van der Waals surface area contributed by atoms with Gasteiger partial charge in [0, 0.05) is 18.0 Å². The Kier molecular flexibility index (Phi) is 3.58. The lowest BCUT2D eigenvalue weighted by Gasteiger charge is -2.34. The third-order valence-corrected chi connectivity index (χ3v) is 5.64. The maximum atomic E-state index is 13.9. The van der Waals surface area contributed by atoms with Crippen LogP contribution < -0.4 is 21.0 Å². The van der Waals surface area contributed by atoms with Gasteiger partial charge >= 0.3 is 11.6 Å². The Balaban J connectivity index is 2.03. The molecule has 0 bridgehead atoms. The molecule has 0 aliphatic carbocycles. The van der Waals surface area contributed by atoms with Crippen molar-refractivity contribution in [3.05, 3.63) is 81.5 Å². The number of methoxy groups -OCH3 is 1. The van der Waals surface area contributed by atoms with Crippen molar-refractivity contribution in [1.82, 2.24) is 0 Å². The molecular weight excluding hydrogens is 388 g/mol. The number of likely N-dealkylation sites (N-methyl/N-ethyl adjacent to an activating group) is 1. The van der Waals surface area contributed by atoms with Gasteiger partial charge in [-0.05, 0) is 18.2 Å². The first-order valence-corrected chi connectivity index (χ1v) is 9.13. The van der Waals surface area contributed by atoms with Crippen LogP contribution in [0.2, 0.25) is 0 Å². The van der Waals surface area contributed by atoms with E-state index < -0.39 is 22.9 Å². The number of hydrogen-bond donors (Lipinski definition) is 1. The number of esters is 1. The van der Waals surface area contributed by atoms with Crippen LogP contribution >= 0.6 is 0 Å². The van der Waals surface area contributed by atoms with Gasteiger partial charge in [0.05, 0.1) is 18.4 Å². The largest absolute Gasteiger partial charge is 0.465 e. The molecule has 3 aromatic rings. The second-order valence-corrected chi connectivity index (χ2v) is 7.05. The van der Waals surface area contributed by atoms with Crippen LogP contribution in [0.15, 0.2) is 69.2 Å². The molecule has 1 amide bonds. The zero-order chi connectivity index (χ0) is 21.2. The van der Waals surface area contributed by atoms with E-state index in [1.165, 1.54) is 12.0 Å². The summed E-state index contributed by atoms with van der Waals surface area (Å²) in [6.45, 7) is 0. The molecule has 150 valence electrons. The third-order valence-electron chi connectivity index (χ3n) is 5.64. The van der Waals surface area contributed by atoms with Gasteiger partial charge < -0.3 is 24.5 Å². The minimum absolute atomic E-state index is 0.00722. The van der Waals surface area contributed by atoms with Crippen LogP contribution in [0.5, 0.6) is 5.75 Å². The topological polar surface area (TPSA) is 112 Å². The molecule has 1 aromatic heterocycles. The van der Waals surface area contributed by atoms with Gasteiger partial charge in [-0.15, -0.1) is 0 Å². The molecule has 1 spiro atoms. The van der Waals surface area contributed by atoms with E-state index in [-0.39, 0.29) is 22.8 Å². The number of para-hydroxylation sites is 2. The summed E-state index contributed by atoms with van der Waals surface area (Å²) in [4.78, 5) is 41.3. The second-order valence-electron chi connectivity index (χ2n) is 7.05. The Morgan fingerprint density at radius 2 is 1.80 bits per heavy atom. The van der Waals surface area contributed by atoms with E-state index in [1.54, 1.807) is 55.6 Å². The third kappa shape index (κ3) is 1.97. The highest BCUT2D eigenvalue weighted by molar-refractivity contribution is 6.21. The maximum Gasteiger partial charge on any atom is 0.343 e. The Labute approximate surface area is 170 Å². The Bertz CT molecular complexity index is 1360. The molecule has 0 unspecified atom stereocenters. The van der Waals surface area contributed by atoms with Crippen molar-refractivity contribution in [2.75, 3.05) is 19.1 Å². The van der Waals surface area contributed by atoms with Crippen molar-refractivity contribution in [2.24, 2.45) is 5.73 Å². The second kappa shape index (κ2) is 5.96. The smallest absolute Gasteiger partial charge is 0.343 e. The van der Waals surface area contributed by atoms with Crippen molar-refractivity contribution in [2.45, 2.75) is 5.41 Å². The number of amides is 1. The minimum Gasteiger partial charge on any atom is -0.465 e. The Morgan fingerprint density at radius 3 is 2.57 bits per heavy atom. The first-order valence-electron chi connectivity index (χ1n) is 9.13. The maximum absolute atomic E-state index is 13.9. The van der Waals surface area contributed by atoms with Crippen molar-refractivity contribution < 1.29 is 23.5 Å². The number of nitrogens with zero attached hydrogens (tertiary/aromatic N) is 1. The molecule has 2 N–H and O–H groups in total. The van der Waals surface area contributed by atoms with Crippen LogP contribution in [-0.2, 0) is 19.7 Å². The summed E-state index contributed by atoms with van der Waals surface area (Å²) in [6, 6.07) is 13.5. The fourth-order valence-corrected chi connectivity index (χ4v) is 4.46. The van der Waals surface area contributed by atoms with E-state index in [4.69, 9.17) is 19.6 Å². The fraction of sp³-hybridized carbons (Fsp3) is 0.136. The summed E-state index contributed by atoms with van der Waals surface area (Å²) in [5.41, 5.74) is 4.28. The number of nitrogens with two attached hydrogens (primary N) is 1. The highest BCUT2D eigenvalue weighted by atomic mass is 16.5. The fourth-order valence-electron chi connectivity index (χ4n) is 4.46. The zero-order valence-electron chi connectivity index (χ0n) is 16.1. The molecule has 0 saturated carbocycles. The number of anilines is 1. The van der Waals surface area contributed by atoms with E-state index >= 15 is 0 Å². The first-order chi connectivity index (χ1) is 14.4. The van der Waals surface area contributed by atoms with Gasteiger partial charge in [-0.2, -0.15) is 0 Å². The molecule has 0 radical (unpaired) electrons. The van der Waals surface area contributed by atoms with Gasteiger partial charge in [0.2, 0.25) is 11.8 Å². The molecule has 0 fully saturated rings. The Hall–Kier alpha value is -4.07. The molecular formula is C22H16N2O6. The van der Waals surface area contributed by atoms with Crippen molar-refractivity contribution in [3.63, 3.8) is 0 Å². The van der Waals surface area contributed by atoms with Crippen LogP contribution in [0.1, 0.15) is 11.1 Å². The van der Waals surface area contributed by atoms with Gasteiger partial charge in [-0.25, -0.2) is 9.59 Å². The molecule has 1 atom stereocenters. The van der Waals surface area contributed by atoms with Crippen molar-refractivity contribution in [3.8, 4) is 5.75 Å². The van der Waals surface area contributed by atoms with Crippen LogP contribution in [0, 0.1) is 0 Å². The van der Waals surface area contributed by atoms with E-state index in [0.29, 0.717) is 22.2 Å². The summed E-state index contributed by atoms with van der Waals surface area (Å²) in [5.74, 6) is -1.43. The molecule has 5 rings (SSSR count). The summed E-state index contributed by atoms with van der Waals surface area (Å²) in [6.07, 6.45) is 0. The van der Waals surface area contributed by atoms with E-state index in [2.05, 4.69) is 0 Å². The minimum atomic E-state index is -1.85. The molecule has 3 heterocycles. The molecule has 30 heavy (non-hydrogen) atoms. The van der Waals surface area contributed by atoms with E-state index in [1.807, 2.05) is 0 Å². The number of carbonyl (C=O) groups excluding carboxylic acids is 2. The average Bonchev–Trinajstić information content (AvgIpc) is 2.97. The number of rotatable bonds is 1. The van der Waals surface area contributed by atoms with Gasteiger partial charge in [0.1, 0.15) is 22.3 Å². The number of ether oxygens (including phenoxy) is 2. The van der Waals surface area contributed by atoms with Crippen LogP contribution in [0.4, 0.5) is 5.69 Å². The van der Waals surface area contributed by atoms with E-state index in [9.17, 15) is 14.4 Å². The lowest BCUT2D eigenvalue weighted by atomic mass is 9.68. The summed E-state index contributed by atoms with van der Waals surface area (Å²) < 4.78 is 16.1. The summed E-state index contributed by atoms with van der Waals surface area (Å²) in [7, 11) is 2.72. The zero-order valence-corrected chi connectivity index (χ0v) is 16.1. The molecule has 2 aliphatic rings. The first kappa shape index (κ1) is 18.0. The quantitative estimate of drug-likeness (QED) is 0.486. The van der Waals surface area contributed by atoms with Gasteiger partial charge in [0.25, 0.3) is 0 Å². The lowest BCUT2D eigenvalue weighted by Crippen LogP contribution is -2.49. The van der Waals surface area contributed by atoms with Gasteiger partial charge in [-0.1, -0.05) is 30.3 Å². The Morgan fingerprint density at radius 1 is 1.10 bits per heavy atom. The lowest BCUT2D eigenvalue weighted by molar-refractivity contribution is -0.138. The highest BCUT2D eigenvalue weighted by Gasteiger charge is 2.62. The SMILES string of the molecule is COC(=O)C1=C(N)Oc2ccccc2[C@]12C(=O)N(C)c1c2c(=O)oc2ccccc12. The molecule has 2 aromatic carbocycles. The predicted octanol–water partition coefficient (Wildman–Crippen LogP) is 1.79. The number of carbonyl (C=O) groups is 2. The molecule has 0 saturated heterocycles. The van der Waals surface area contributed by atoms with Crippen molar-refractivity contribution >= 4 is 28.5 Å². The molecule has 8 nitrogen and oxygen atoms in total. The van der Waals surface area contributed by atoms with Gasteiger partial charge in [0.15, 0.2) is 0 Å². The predicted molar refractivity (Wildman–Crippen MR) is 107 cm³/mol. The molecule has 8 heteroatoms. The molecule has 2 aliphatic heterocycles. The number of fused-ring (bicyclic) bond motifs is 6. The number of benzene rings is 2. The average molecular weight is 404 g/mol. The summed E-state index contributed by atoms with van der Waals surface area (Å²) >= 11 is 0. The summed E-state index contributed by atoms with van der Waals surface area (Å²) in [5, 5.41) is 0.562. The normalized spacial score (nSPS) is 19.7. The van der Waals surface area contributed by atoms with E-state index in [0.717, 1.165) is 0 Å². The van der Waals surface area contributed by atoms with Gasteiger partial charge in [-0.3, -0.25) is 4.79 Å². The van der Waals surface area contributed by atoms with Crippen molar-refractivity contribution in [1.29, 1.82) is 0 Å². The highest BCUT2D eigenvalue weighted by Crippen LogP contribution is 2.55. The van der Waals surface area contributed by atoms with Crippen LogP contribution in [0.25, 0.3) is 11.0 Å². The number of hydrogen-bond acceptors (Lipinski definition) is 7. The standard InChI is InChI=1S/C22H16N2O6/c1-24-17-11-7-3-5-9-13(11)30-20(26)15(17)22(21(24)27)12-8-4-6-10-14(12)29-18(23)16(22)19(25)28-2/h3-10H,23H2,1-2H3/t22-/m1/s1.